The summed E-state index contributed by atoms with van der Waals surface area (Å²) in [4.78, 5) is 16.2. The number of carbonyl (C=O) groups is 1. The van der Waals surface area contributed by atoms with Gasteiger partial charge in [0.2, 0.25) is 5.88 Å². The summed E-state index contributed by atoms with van der Waals surface area (Å²) < 4.78 is 12.9. The molecule has 1 aliphatic heterocycles. The van der Waals surface area contributed by atoms with Gasteiger partial charge in [0.1, 0.15) is 12.2 Å². The lowest BCUT2D eigenvalue weighted by atomic mass is 10.2. The number of nitrogens with one attached hydrogen (secondary N) is 1. The van der Waals surface area contributed by atoms with E-state index in [9.17, 15) is 4.79 Å². The third-order valence-electron chi connectivity index (χ3n) is 3.32. The Morgan fingerprint density at radius 1 is 1.48 bits per heavy atom. The maximum atomic E-state index is 11.9. The van der Waals surface area contributed by atoms with Gasteiger partial charge in [0.05, 0.1) is 29.2 Å². The number of carbonyl (C=O) groups excluding carboxylic acids is 1. The van der Waals surface area contributed by atoms with Gasteiger partial charge >= 0.3 is 6.09 Å². The molecular weight excluding hydrogens is 296 g/mol. The Bertz CT molecular complexity index is 733. The van der Waals surface area contributed by atoms with E-state index in [0.29, 0.717) is 18.2 Å². The summed E-state index contributed by atoms with van der Waals surface area (Å²) in [6.45, 7) is 7.97. The quantitative estimate of drug-likeness (QED) is 0.873. The number of ether oxygens (including phenoxy) is 2. The number of pyridine rings is 1. The summed E-state index contributed by atoms with van der Waals surface area (Å²) in [7, 11) is 0. The van der Waals surface area contributed by atoms with Crippen LogP contribution in [0.3, 0.4) is 0 Å². The average Bonchev–Trinajstić information content (AvgIpc) is 2.88. The molecule has 23 heavy (non-hydrogen) atoms. The molecule has 0 radical (unpaired) electrons. The number of aromatic nitrogens is 3. The highest BCUT2D eigenvalue weighted by atomic mass is 16.6. The van der Waals surface area contributed by atoms with Crippen LogP contribution in [-0.4, -0.2) is 33.1 Å². The lowest BCUT2D eigenvalue weighted by Gasteiger charge is -2.19. The Morgan fingerprint density at radius 2 is 2.26 bits per heavy atom. The molecule has 2 aromatic rings. The molecule has 1 aliphatic rings. The molecule has 0 saturated carbocycles. The molecule has 122 valence electrons. The number of nitrogens with zero attached hydrogens (tertiary/aromatic N) is 3. The van der Waals surface area contributed by atoms with E-state index >= 15 is 0 Å². The fourth-order valence-corrected chi connectivity index (χ4v) is 2.39. The second-order valence-corrected chi connectivity index (χ2v) is 6.52. The van der Waals surface area contributed by atoms with Gasteiger partial charge in [-0.15, -0.1) is 0 Å². The van der Waals surface area contributed by atoms with Crippen molar-refractivity contribution < 1.29 is 14.3 Å². The SMILES string of the molecule is C[C@H]1COc2ncc(NC(=O)OC(C)(C)C)cc2-c2ccnn21. The zero-order chi connectivity index (χ0) is 16.6. The van der Waals surface area contributed by atoms with E-state index in [1.165, 1.54) is 0 Å². The fraction of sp³-hybridized carbons (Fsp3) is 0.438. The molecule has 0 aliphatic carbocycles. The van der Waals surface area contributed by atoms with Gasteiger partial charge in [-0.2, -0.15) is 5.10 Å². The number of hydrogen-bond acceptors (Lipinski definition) is 5. The first-order valence-electron chi connectivity index (χ1n) is 7.50. The van der Waals surface area contributed by atoms with Crippen LogP contribution in [0.1, 0.15) is 33.7 Å². The largest absolute Gasteiger partial charge is 0.475 e. The monoisotopic (exact) mass is 316 g/mol. The Kier molecular flexibility index (Phi) is 3.71. The molecule has 0 unspecified atom stereocenters. The van der Waals surface area contributed by atoms with Crippen molar-refractivity contribution in [2.45, 2.75) is 39.3 Å². The van der Waals surface area contributed by atoms with Gasteiger partial charge in [-0.1, -0.05) is 0 Å². The predicted octanol–water partition coefficient (Wildman–Crippen LogP) is 3.25. The molecule has 3 rings (SSSR count). The van der Waals surface area contributed by atoms with Gasteiger partial charge in [0, 0.05) is 6.20 Å². The Balaban J connectivity index is 1.90. The smallest absolute Gasteiger partial charge is 0.412 e. The number of anilines is 1. The predicted molar refractivity (Wildman–Crippen MR) is 85.5 cm³/mol. The van der Waals surface area contributed by atoms with Crippen LogP contribution < -0.4 is 10.1 Å². The Labute approximate surface area is 134 Å². The highest BCUT2D eigenvalue weighted by molar-refractivity contribution is 5.86. The van der Waals surface area contributed by atoms with Crippen LogP contribution >= 0.6 is 0 Å². The molecule has 1 N–H and O–H groups in total. The normalized spacial score (nSPS) is 16.6. The molecule has 7 nitrogen and oxygen atoms in total. The van der Waals surface area contributed by atoms with Crippen molar-refractivity contribution in [2.75, 3.05) is 11.9 Å². The van der Waals surface area contributed by atoms with Crippen LogP contribution in [0.2, 0.25) is 0 Å². The number of rotatable bonds is 1. The van der Waals surface area contributed by atoms with E-state index in [0.717, 1.165) is 11.3 Å². The molecule has 3 heterocycles. The van der Waals surface area contributed by atoms with E-state index < -0.39 is 11.7 Å². The van der Waals surface area contributed by atoms with Crippen LogP contribution in [-0.2, 0) is 4.74 Å². The van der Waals surface area contributed by atoms with Crippen LogP contribution in [0.5, 0.6) is 5.88 Å². The lowest BCUT2D eigenvalue weighted by molar-refractivity contribution is 0.0636. The summed E-state index contributed by atoms with van der Waals surface area (Å²) >= 11 is 0. The average molecular weight is 316 g/mol. The highest BCUT2D eigenvalue weighted by Gasteiger charge is 2.23. The van der Waals surface area contributed by atoms with E-state index in [2.05, 4.69) is 15.4 Å². The molecule has 1 amide bonds. The van der Waals surface area contributed by atoms with Crippen molar-refractivity contribution in [3.8, 4) is 17.1 Å². The highest BCUT2D eigenvalue weighted by Crippen LogP contribution is 2.34. The van der Waals surface area contributed by atoms with Crippen molar-refractivity contribution >= 4 is 11.8 Å². The molecule has 0 aromatic carbocycles. The first-order valence-corrected chi connectivity index (χ1v) is 7.50. The summed E-state index contributed by atoms with van der Waals surface area (Å²) in [5.74, 6) is 0.533. The first-order chi connectivity index (χ1) is 10.8. The van der Waals surface area contributed by atoms with Crippen molar-refractivity contribution in [1.29, 1.82) is 0 Å². The first kappa shape index (κ1) is 15.3. The standard InChI is InChI=1S/C16H20N4O3/c1-10-9-22-14-12(13-5-6-18-20(10)13)7-11(8-17-14)19-15(21)23-16(2,3)4/h5-8,10H,9H2,1-4H3,(H,19,21)/t10-/m0/s1. The van der Waals surface area contributed by atoms with E-state index in [1.807, 2.05) is 44.5 Å². The minimum absolute atomic E-state index is 0.108. The molecule has 0 fully saturated rings. The van der Waals surface area contributed by atoms with Crippen molar-refractivity contribution in [1.82, 2.24) is 14.8 Å². The summed E-state index contributed by atoms with van der Waals surface area (Å²) in [5, 5.41) is 7.03. The number of hydrogen-bond donors (Lipinski definition) is 1. The maximum absolute atomic E-state index is 11.9. The van der Waals surface area contributed by atoms with E-state index in [-0.39, 0.29) is 6.04 Å². The van der Waals surface area contributed by atoms with Gasteiger partial charge in [-0.25, -0.2) is 9.78 Å². The van der Waals surface area contributed by atoms with Gasteiger partial charge < -0.3 is 9.47 Å². The second-order valence-electron chi connectivity index (χ2n) is 6.52. The third-order valence-corrected chi connectivity index (χ3v) is 3.32. The Hall–Kier alpha value is -2.57. The molecule has 2 aromatic heterocycles. The van der Waals surface area contributed by atoms with Crippen LogP contribution in [0, 0.1) is 0 Å². The second kappa shape index (κ2) is 5.57. The van der Waals surface area contributed by atoms with Crippen molar-refractivity contribution in [2.24, 2.45) is 0 Å². The minimum atomic E-state index is -0.555. The molecule has 7 heteroatoms. The lowest BCUT2D eigenvalue weighted by Crippen LogP contribution is -2.27. The minimum Gasteiger partial charge on any atom is -0.475 e. The number of fused-ring (bicyclic) bond motifs is 3. The zero-order valence-corrected chi connectivity index (χ0v) is 13.7. The fourth-order valence-electron chi connectivity index (χ4n) is 2.39. The van der Waals surface area contributed by atoms with E-state index in [1.54, 1.807) is 12.4 Å². The number of amides is 1. The van der Waals surface area contributed by atoms with Crippen LogP contribution in [0.4, 0.5) is 10.5 Å². The maximum Gasteiger partial charge on any atom is 0.412 e. The summed E-state index contributed by atoms with van der Waals surface area (Å²) in [5.41, 5.74) is 1.69. The third kappa shape index (κ3) is 3.28. The molecule has 1 atom stereocenters. The van der Waals surface area contributed by atoms with Gasteiger partial charge in [-0.05, 0) is 39.8 Å². The van der Waals surface area contributed by atoms with Gasteiger partial charge in [-0.3, -0.25) is 10.00 Å². The van der Waals surface area contributed by atoms with E-state index in [4.69, 9.17) is 9.47 Å². The molecule has 0 bridgehead atoms. The summed E-state index contributed by atoms with van der Waals surface area (Å²) in [6, 6.07) is 3.83. The van der Waals surface area contributed by atoms with Crippen LogP contribution in [0.15, 0.2) is 24.5 Å². The van der Waals surface area contributed by atoms with Crippen molar-refractivity contribution in [3.63, 3.8) is 0 Å². The molecular formula is C16H20N4O3. The van der Waals surface area contributed by atoms with Gasteiger partial charge in [0.25, 0.3) is 0 Å². The zero-order valence-electron chi connectivity index (χ0n) is 13.7. The molecule has 0 spiro atoms. The van der Waals surface area contributed by atoms with Crippen molar-refractivity contribution in [3.05, 3.63) is 24.5 Å². The Morgan fingerprint density at radius 3 is 3.00 bits per heavy atom. The van der Waals surface area contributed by atoms with Crippen LogP contribution in [0.25, 0.3) is 11.3 Å². The molecule has 0 saturated heterocycles. The van der Waals surface area contributed by atoms with Gasteiger partial charge in [0.15, 0.2) is 0 Å². The topological polar surface area (TPSA) is 78.3 Å². The summed E-state index contributed by atoms with van der Waals surface area (Å²) in [6.07, 6.45) is 2.78.